The zero-order valence-electron chi connectivity index (χ0n) is 8.12. The van der Waals surface area contributed by atoms with Gasteiger partial charge >= 0.3 is 94.9 Å². The Morgan fingerprint density at radius 1 is 1.54 bits per heavy atom. The zero-order valence-corrected chi connectivity index (χ0v) is 14.4. The first kappa shape index (κ1) is 11.8. The molecule has 0 radical (unpaired) electrons. The molecular formula is C9H15HgO2S-. The second-order valence-electron chi connectivity index (χ2n) is 3.62. The monoisotopic (exact) mass is 389 g/mol. The fourth-order valence-electron chi connectivity index (χ4n) is 1.84. The number of hydrogen-bond acceptors (Lipinski definition) is 3. The Bertz CT molecular complexity index is 175. The molecule has 72 valence electrons. The van der Waals surface area contributed by atoms with E-state index in [9.17, 15) is 9.90 Å². The molecule has 0 aliphatic heterocycles. The number of carboxylic acid groups (broad SMARTS) is 1. The SMILES string of the molecule is C[CH2][Hg][S]C1CCCCC1C(=O)[O-]. The molecule has 0 heterocycles. The van der Waals surface area contributed by atoms with Gasteiger partial charge in [0.2, 0.25) is 0 Å². The third-order valence-electron chi connectivity index (χ3n) is 2.54. The Balaban J connectivity index is 2.41. The standard InChI is InChI=1S/C7H12O2S.C2H5.Hg/c8-7(9)5-3-1-2-4-6(5)10;1-2;/h5-6,10H,1-4H2,(H,8,9);1H2,2H3;/q;;+1/p-2. The van der Waals surface area contributed by atoms with Crippen LogP contribution < -0.4 is 5.11 Å². The average molecular weight is 388 g/mol. The topological polar surface area (TPSA) is 40.1 Å². The molecule has 4 heteroatoms. The second-order valence-corrected chi connectivity index (χ2v) is 17.5. The molecule has 0 spiro atoms. The molecule has 0 aromatic rings. The van der Waals surface area contributed by atoms with Gasteiger partial charge in [-0.05, 0) is 0 Å². The molecule has 0 saturated heterocycles. The third-order valence-corrected chi connectivity index (χ3v) is 16.7. The van der Waals surface area contributed by atoms with E-state index >= 15 is 0 Å². The molecule has 1 aliphatic rings. The van der Waals surface area contributed by atoms with Gasteiger partial charge in [-0.3, -0.25) is 0 Å². The maximum absolute atomic E-state index is 10.8. The predicted octanol–water partition coefficient (Wildman–Crippen LogP) is 1.46. The Labute approximate surface area is 94.4 Å². The van der Waals surface area contributed by atoms with Crippen LogP contribution in [0, 0.1) is 5.92 Å². The van der Waals surface area contributed by atoms with Gasteiger partial charge in [-0.1, -0.05) is 0 Å². The normalized spacial score (nSPS) is 28.1. The molecule has 1 aliphatic carbocycles. The first-order chi connectivity index (χ1) is 6.25. The van der Waals surface area contributed by atoms with E-state index in [-0.39, 0.29) is 5.92 Å². The quantitative estimate of drug-likeness (QED) is 0.686. The summed E-state index contributed by atoms with van der Waals surface area (Å²) in [6.45, 7) is 2.23. The first-order valence-corrected chi connectivity index (χ1v) is 16.7. The van der Waals surface area contributed by atoms with Crippen LogP contribution in [0.2, 0.25) is 3.93 Å². The number of rotatable bonds is 4. The van der Waals surface area contributed by atoms with Crippen LogP contribution in [0.5, 0.6) is 0 Å². The molecule has 2 unspecified atom stereocenters. The number of carboxylic acids is 1. The molecule has 2 nitrogen and oxygen atoms in total. The van der Waals surface area contributed by atoms with Gasteiger partial charge in [0.05, 0.1) is 0 Å². The maximum atomic E-state index is 10.8. The molecule has 0 aromatic carbocycles. The summed E-state index contributed by atoms with van der Waals surface area (Å²) in [6, 6.07) is 0. The fourth-order valence-corrected chi connectivity index (χ4v) is 14.1. The van der Waals surface area contributed by atoms with Crippen molar-refractivity contribution in [1.82, 2.24) is 0 Å². The van der Waals surface area contributed by atoms with E-state index in [4.69, 9.17) is 0 Å². The molecule has 0 amide bonds. The van der Waals surface area contributed by atoms with E-state index in [2.05, 4.69) is 6.92 Å². The average Bonchev–Trinajstić information content (AvgIpc) is 2.15. The van der Waals surface area contributed by atoms with E-state index in [1.54, 1.807) is 0 Å². The molecule has 1 rings (SSSR count). The fraction of sp³-hybridized carbons (Fsp3) is 0.889. The van der Waals surface area contributed by atoms with Crippen LogP contribution >= 0.6 is 8.24 Å². The molecule has 1 fully saturated rings. The van der Waals surface area contributed by atoms with Crippen LogP contribution in [0.25, 0.3) is 0 Å². The Hall–Kier alpha value is 0.755. The van der Waals surface area contributed by atoms with Gasteiger partial charge in [0.1, 0.15) is 0 Å². The van der Waals surface area contributed by atoms with E-state index in [0.29, 0.717) is 5.25 Å². The van der Waals surface area contributed by atoms with Gasteiger partial charge in [0.15, 0.2) is 0 Å². The van der Waals surface area contributed by atoms with Crippen LogP contribution in [0.15, 0.2) is 0 Å². The van der Waals surface area contributed by atoms with Crippen molar-refractivity contribution in [3.05, 3.63) is 0 Å². The van der Waals surface area contributed by atoms with E-state index in [0.717, 1.165) is 19.3 Å². The Kier molecular flexibility index (Phi) is 5.71. The van der Waals surface area contributed by atoms with Gasteiger partial charge in [0.25, 0.3) is 0 Å². The van der Waals surface area contributed by atoms with Crippen LogP contribution in [-0.2, 0) is 27.9 Å². The number of carbonyl (C=O) groups is 1. The van der Waals surface area contributed by atoms with E-state index < -0.39 is 29.0 Å². The second kappa shape index (κ2) is 6.28. The first-order valence-electron chi connectivity index (χ1n) is 5.08. The van der Waals surface area contributed by atoms with Gasteiger partial charge in [-0.15, -0.1) is 0 Å². The van der Waals surface area contributed by atoms with Crippen molar-refractivity contribution in [2.24, 2.45) is 5.92 Å². The van der Waals surface area contributed by atoms with E-state index in [1.807, 2.05) is 8.24 Å². The summed E-state index contributed by atoms with van der Waals surface area (Å²) < 4.78 is 1.35. The summed E-state index contributed by atoms with van der Waals surface area (Å²) >= 11 is -0.745. The molecule has 0 N–H and O–H groups in total. The van der Waals surface area contributed by atoms with Crippen LogP contribution in [-0.4, -0.2) is 11.2 Å². The minimum atomic E-state index is -0.804. The zero-order chi connectivity index (χ0) is 9.68. The van der Waals surface area contributed by atoms with Gasteiger partial charge in [0, 0.05) is 0 Å². The number of hydrogen-bond donors (Lipinski definition) is 0. The van der Waals surface area contributed by atoms with Crippen molar-refractivity contribution < 1.29 is 33.0 Å². The van der Waals surface area contributed by atoms with Crippen molar-refractivity contribution in [2.75, 3.05) is 0 Å². The third kappa shape index (κ3) is 3.78. The molecular weight excluding hydrogens is 373 g/mol. The van der Waals surface area contributed by atoms with Crippen LogP contribution in [0.4, 0.5) is 0 Å². The van der Waals surface area contributed by atoms with Crippen molar-refractivity contribution in [1.29, 1.82) is 0 Å². The summed E-state index contributed by atoms with van der Waals surface area (Å²) in [6.07, 6.45) is 4.28. The summed E-state index contributed by atoms with van der Waals surface area (Å²) in [5.41, 5.74) is 0. The minimum absolute atomic E-state index is 0.134. The van der Waals surface area contributed by atoms with Gasteiger partial charge < -0.3 is 0 Å². The molecule has 0 aromatic heterocycles. The summed E-state index contributed by atoms with van der Waals surface area (Å²) in [5.74, 6) is -0.938. The van der Waals surface area contributed by atoms with Crippen LogP contribution in [0.1, 0.15) is 32.6 Å². The Morgan fingerprint density at radius 3 is 2.85 bits per heavy atom. The number of aliphatic carboxylic acids is 1. The van der Waals surface area contributed by atoms with Crippen molar-refractivity contribution in [2.45, 2.75) is 41.8 Å². The van der Waals surface area contributed by atoms with Crippen molar-refractivity contribution >= 4 is 14.2 Å². The Morgan fingerprint density at radius 2 is 2.23 bits per heavy atom. The molecule has 13 heavy (non-hydrogen) atoms. The number of carbonyl (C=O) groups excluding carboxylic acids is 1. The molecule has 2 atom stereocenters. The van der Waals surface area contributed by atoms with Crippen molar-refractivity contribution in [3.8, 4) is 0 Å². The van der Waals surface area contributed by atoms with Gasteiger partial charge in [-0.25, -0.2) is 0 Å². The molecule has 1 saturated carbocycles. The predicted molar refractivity (Wildman–Crippen MR) is 48.8 cm³/mol. The summed E-state index contributed by atoms with van der Waals surface area (Å²) in [5, 5.41) is 11.2. The van der Waals surface area contributed by atoms with Crippen LogP contribution in [0.3, 0.4) is 0 Å². The van der Waals surface area contributed by atoms with Crippen molar-refractivity contribution in [3.63, 3.8) is 0 Å². The molecule has 0 bridgehead atoms. The summed E-state index contributed by atoms with van der Waals surface area (Å²) in [7, 11) is 2.04. The van der Waals surface area contributed by atoms with E-state index in [1.165, 1.54) is 10.4 Å². The summed E-state index contributed by atoms with van der Waals surface area (Å²) in [4.78, 5) is 10.8. The van der Waals surface area contributed by atoms with Gasteiger partial charge in [-0.2, -0.15) is 0 Å².